The van der Waals surface area contributed by atoms with Crippen LogP contribution in [0.2, 0.25) is 0 Å². The Kier molecular flexibility index (Phi) is 6.68. The first-order valence-electron chi connectivity index (χ1n) is 9.54. The van der Waals surface area contributed by atoms with Gasteiger partial charge in [-0.05, 0) is 49.8 Å². The van der Waals surface area contributed by atoms with Crippen LogP contribution in [0.1, 0.15) is 37.7 Å². The number of amides is 1. The minimum Gasteiger partial charge on any atom is -0.493 e. The van der Waals surface area contributed by atoms with Crippen LogP contribution in [0.5, 0.6) is 11.5 Å². The molecule has 1 aliphatic rings. The number of ether oxygens (including phenoxy) is 2. The fraction of sp³-hybridized carbons (Fsp3) is 0.550. The lowest BCUT2D eigenvalue weighted by atomic mass is 9.95. The van der Waals surface area contributed by atoms with Gasteiger partial charge in [-0.15, -0.1) is 0 Å². The number of rotatable bonds is 8. The molecule has 1 aromatic heterocycles. The van der Waals surface area contributed by atoms with E-state index in [2.05, 4.69) is 21.0 Å². The van der Waals surface area contributed by atoms with Gasteiger partial charge in [-0.2, -0.15) is 5.10 Å². The summed E-state index contributed by atoms with van der Waals surface area (Å²) in [5, 5.41) is 4.07. The van der Waals surface area contributed by atoms with Crippen molar-refractivity contribution in [3.8, 4) is 11.5 Å². The SMILES string of the molecule is COc1ccc(CCC2CCCCN2C(=O)CCn2cncn2)cc1OC. The first-order valence-corrected chi connectivity index (χ1v) is 9.54. The Morgan fingerprint density at radius 1 is 1.22 bits per heavy atom. The van der Waals surface area contributed by atoms with Gasteiger partial charge in [0.1, 0.15) is 12.7 Å². The number of benzene rings is 1. The van der Waals surface area contributed by atoms with E-state index in [1.807, 2.05) is 12.1 Å². The largest absolute Gasteiger partial charge is 0.493 e. The van der Waals surface area contributed by atoms with E-state index in [9.17, 15) is 4.79 Å². The number of aromatic nitrogens is 3. The smallest absolute Gasteiger partial charge is 0.224 e. The van der Waals surface area contributed by atoms with Crippen molar-refractivity contribution in [2.75, 3.05) is 20.8 Å². The zero-order valence-electron chi connectivity index (χ0n) is 16.1. The molecule has 1 aromatic carbocycles. The molecule has 1 saturated heterocycles. The van der Waals surface area contributed by atoms with Gasteiger partial charge in [0.25, 0.3) is 0 Å². The molecule has 0 saturated carbocycles. The maximum atomic E-state index is 12.7. The van der Waals surface area contributed by atoms with Crippen LogP contribution >= 0.6 is 0 Å². The summed E-state index contributed by atoms with van der Waals surface area (Å²) in [6.45, 7) is 1.44. The summed E-state index contributed by atoms with van der Waals surface area (Å²) in [6, 6.07) is 6.34. The molecule has 1 atom stereocenters. The zero-order chi connectivity index (χ0) is 19.1. The van der Waals surface area contributed by atoms with Gasteiger partial charge in [0.2, 0.25) is 5.91 Å². The number of carbonyl (C=O) groups is 1. The Morgan fingerprint density at radius 2 is 2.07 bits per heavy atom. The van der Waals surface area contributed by atoms with Crippen LogP contribution in [-0.2, 0) is 17.8 Å². The second kappa shape index (κ2) is 9.39. The van der Waals surface area contributed by atoms with Gasteiger partial charge >= 0.3 is 0 Å². The third-order valence-electron chi connectivity index (χ3n) is 5.18. The number of hydrogen-bond donors (Lipinski definition) is 0. The van der Waals surface area contributed by atoms with Crippen molar-refractivity contribution in [3.63, 3.8) is 0 Å². The number of nitrogens with zero attached hydrogens (tertiary/aromatic N) is 4. The summed E-state index contributed by atoms with van der Waals surface area (Å²) >= 11 is 0. The van der Waals surface area contributed by atoms with Crippen molar-refractivity contribution in [3.05, 3.63) is 36.4 Å². The molecule has 1 fully saturated rings. The molecule has 0 spiro atoms. The van der Waals surface area contributed by atoms with E-state index in [4.69, 9.17) is 9.47 Å². The van der Waals surface area contributed by atoms with Crippen molar-refractivity contribution in [2.24, 2.45) is 0 Å². The Labute approximate surface area is 160 Å². The van der Waals surface area contributed by atoms with Crippen LogP contribution in [0.4, 0.5) is 0 Å². The van der Waals surface area contributed by atoms with E-state index in [1.54, 1.807) is 25.2 Å². The van der Waals surface area contributed by atoms with Crippen molar-refractivity contribution in [1.82, 2.24) is 19.7 Å². The average Bonchev–Trinajstić information content (AvgIpc) is 3.24. The number of piperidine rings is 1. The second-order valence-corrected chi connectivity index (χ2v) is 6.87. The summed E-state index contributed by atoms with van der Waals surface area (Å²) in [4.78, 5) is 18.7. The minimum absolute atomic E-state index is 0.211. The quantitative estimate of drug-likeness (QED) is 0.713. The Balaban J connectivity index is 1.57. The summed E-state index contributed by atoms with van der Waals surface area (Å²) in [7, 11) is 3.29. The summed E-state index contributed by atoms with van der Waals surface area (Å²) < 4.78 is 12.4. The molecule has 7 heteroatoms. The summed E-state index contributed by atoms with van der Waals surface area (Å²) in [5.74, 6) is 1.70. The van der Waals surface area contributed by atoms with Crippen molar-refractivity contribution in [2.45, 2.75) is 51.1 Å². The zero-order valence-corrected chi connectivity index (χ0v) is 16.1. The Bertz CT molecular complexity index is 733. The number of aryl methyl sites for hydroxylation is 2. The lowest BCUT2D eigenvalue weighted by Crippen LogP contribution is -2.44. The van der Waals surface area contributed by atoms with Crippen LogP contribution in [0.3, 0.4) is 0 Å². The predicted octanol–water partition coefficient (Wildman–Crippen LogP) is 2.70. The van der Waals surface area contributed by atoms with E-state index in [1.165, 1.54) is 18.3 Å². The highest BCUT2D eigenvalue weighted by Crippen LogP contribution is 2.29. The molecular weight excluding hydrogens is 344 g/mol. The van der Waals surface area contributed by atoms with E-state index in [0.717, 1.165) is 43.7 Å². The van der Waals surface area contributed by atoms with Gasteiger partial charge in [-0.3, -0.25) is 9.48 Å². The van der Waals surface area contributed by atoms with Gasteiger partial charge in [-0.25, -0.2) is 4.98 Å². The maximum absolute atomic E-state index is 12.7. The number of methoxy groups -OCH3 is 2. The Hall–Kier alpha value is -2.57. The maximum Gasteiger partial charge on any atom is 0.224 e. The first kappa shape index (κ1) is 19.2. The number of likely N-dealkylation sites (tertiary alicyclic amines) is 1. The molecule has 0 aliphatic carbocycles. The van der Waals surface area contributed by atoms with Gasteiger partial charge in [-0.1, -0.05) is 6.07 Å². The molecule has 1 amide bonds. The van der Waals surface area contributed by atoms with Crippen molar-refractivity contribution in [1.29, 1.82) is 0 Å². The molecular formula is C20H28N4O3. The lowest BCUT2D eigenvalue weighted by molar-refractivity contribution is -0.135. The molecule has 2 aromatic rings. The van der Waals surface area contributed by atoms with Crippen LogP contribution in [0, 0.1) is 0 Å². The van der Waals surface area contributed by atoms with Crippen LogP contribution in [0.15, 0.2) is 30.9 Å². The second-order valence-electron chi connectivity index (χ2n) is 6.87. The predicted molar refractivity (Wildman–Crippen MR) is 102 cm³/mol. The van der Waals surface area contributed by atoms with Crippen molar-refractivity contribution < 1.29 is 14.3 Å². The van der Waals surface area contributed by atoms with Crippen LogP contribution in [0.25, 0.3) is 0 Å². The summed E-state index contributed by atoms with van der Waals surface area (Å²) in [5.41, 5.74) is 1.20. The molecule has 0 N–H and O–H groups in total. The van der Waals surface area contributed by atoms with E-state index < -0.39 is 0 Å². The molecule has 3 rings (SSSR count). The third-order valence-corrected chi connectivity index (χ3v) is 5.18. The van der Waals surface area contributed by atoms with Gasteiger partial charge < -0.3 is 14.4 Å². The van der Waals surface area contributed by atoms with Crippen molar-refractivity contribution >= 4 is 5.91 Å². The lowest BCUT2D eigenvalue weighted by Gasteiger charge is -2.36. The highest BCUT2D eigenvalue weighted by Gasteiger charge is 2.26. The first-order chi connectivity index (χ1) is 13.2. The van der Waals surface area contributed by atoms with E-state index in [-0.39, 0.29) is 5.91 Å². The fourth-order valence-electron chi connectivity index (χ4n) is 3.70. The van der Waals surface area contributed by atoms with Gasteiger partial charge in [0, 0.05) is 19.0 Å². The molecule has 1 unspecified atom stereocenters. The van der Waals surface area contributed by atoms with E-state index in [0.29, 0.717) is 19.0 Å². The highest BCUT2D eigenvalue weighted by molar-refractivity contribution is 5.76. The highest BCUT2D eigenvalue weighted by atomic mass is 16.5. The molecule has 146 valence electrons. The fourth-order valence-corrected chi connectivity index (χ4v) is 3.70. The van der Waals surface area contributed by atoms with E-state index >= 15 is 0 Å². The topological polar surface area (TPSA) is 69.5 Å². The molecule has 0 bridgehead atoms. The molecule has 2 heterocycles. The molecule has 7 nitrogen and oxygen atoms in total. The molecule has 0 radical (unpaired) electrons. The van der Waals surface area contributed by atoms with Gasteiger partial charge in [0.05, 0.1) is 20.8 Å². The average molecular weight is 372 g/mol. The number of hydrogen-bond acceptors (Lipinski definition) is 5. The standard InChI is InChI=1S/C20H28N4O3/c1-26-18-9-7-16(13-19(18)27-2)6-8-17-5-3-4-11-24(17)20(25)10-12-23-15-21-14-22-23/h7,9,13-15,17H,3-6,8,10-12H2,1-2H3. The monoisotopic (exact) mass is 372 g/mol. The van der Waals surface area contributed by atoms with Gasteiger partial charge in [0.15, 0.2) is 11.5 Å². The Morgan fingerprint density at radius 3 is 2.81 bits per heavy atom. The number of carbonyl (C=O) groups excluding carboxylic acids is 1. The normalized spacial score (nSPS) is 17.0. The molecule has 27 heavy (non-hydrogen) atoms. The van der Waals surface area contributed by atoms with Crippen LogP contribution < -0.4 is 9.47 Å². The third kappa shape index (κ3) is 4.99. The van der Waals surface area contributed by atoms with Crippen LogP contribution in [-0.4, -0.2) is 52.4 Å². The summed E-state index contributed by atoms with van der Waals surface area (Å²) in [6.07, 6.45) is 8.84. The minimum atomic E-state index is 0.211. The molecule has 1 aliphatic heterocycles.